The number of hydrogen-bond donors (Lipinski definition) is 1. The molecule has 3 aromatic rings. The van der Waals surface area contributed by atoms with Crippen molar-refractivity contribution in [2.45, 2.75) is 32.2 Å². The van der Waals surface area contributed by atoms with Crippen LogP contribution in [-0.2, 0) is 16.6 Å². The monoisotopic (exact) mass is 385 g/mol. The Labute approximate surface area is 159 Å². The highest BCUT2D eigenvalue weighted by molar-refractivity contribution is 7.89. The summed E-state index contributed by atoms with van der Waals surface area (Å²) in [6, 6.07) is 15.1. The first-order valence-corrected chi connectivity index (χ1v) is 10.1. The van der Waals surface area contributed by atoms with Crippen molar-refractivity contribution in [2.24, 2.45) is 0 Å². The van der Waals surface area contributed by atoms with Crippen molar-refractivity contribution in [3.8, 4) is 11.4 Å². The molecule has 0 atom stereocenters. The molecule has 27 heavy (non-hydrogen) atoms. The van der Waals surface area contributed by atoms with Gasteiger partial charge in [-0.2, -0.15) is 5.10 Å². The average Bonchev–Trinajstić information content (AvgIpc) is 2.96. The van der Waals surface area contributed by atoms with Crippen LogP contribution in [-0.4, -0.2) is 25.3 Å². The average molecular weight is 385 g/mol. The molecule has 142 valence electrons. The zero-order valence-electron chi connectivity index (χ0n) is 15.9. The summed E-state index contributed by atoms with van der Waals surface area (Å²) in [6.07, 6.45) is 0. The number of nitrogens with one attached hydrogen (secondary N) is 1. The number of aryl methyl sites for hydroxylation is 2. The zero-order valence-corrected chi connectivity index (χ0v) is 16.7. The van der Waals surface area contributed by atoms with Gasteiger partial charge in [0.15, 0.2) is 0 Å². The van der Waals surface area contributed by atoms with E-state index in [-0.39, 0.29) is 11.4 Å². The maximum atomic E-state index is 12.9. The number of aromatic nitrogens is 2. The minimum Gasteiger partial charge on any atom is -0.497 e. The molecule has 0 radical (unpaired) electrons. The Bertz CT molecular complexity index is 1040. The first-order chi connectivity index (χ1) is 12.8. The molecule has 0 bridgehead atoms. The summed E-state index contributed by atoms with van der Waals surface area (Å²) in [4.78, 5) is 0.219. The number of hydrogen-bond acceptors (Lipinski definition) is 4. The van der Waals surface area contributed by atoms with Crippen molar-refractivity contribution in [1.29, 1.82) is 0 Å². The van der Waals surface area contributed by atoms with Crippen molar-refractivity contribution < 1.29 is 13.2 Å². The Hall–Kier alpha value is -2.64. The van der Waals surface area contributed by atoms with Crippen LogP contribution in [0.1, 0.15) is 22.5 Å². The van der Waals surface area contributed by atoms with Crippen LogP contribution in [0.3, 0.4) is 0 Å². The van der Waals surface area contributed by atoms with Crippen LogP contribution in [0.4, 0.5) is 0 Å². The minimum atomic E-state index is -3.70. The van der Waals surface area contributed by atoms with E-state index in [1.54, 1.807) is 37.8 Å². The Morgan fingerprint density at radius 2 is 1.63 bits per heavy atom. The van der Waals surface area contributed by atoms with Gasteiger partial charge in [-0.1, -0.05) is 29.8 Å². The normalized spacial score (nSPS) is 11.6. The lowest BCUT2D eigenvalue weighted by Gasteiger charge is -2.09. The highest BCUT2D eigenvalue weighted by Crippen LogP contribution is 2.23. The molecule has 1 heterocycles. The smallest absolute Gasteiger partial charge is 0.244 e. The molecule has 0 saturated carbocycles. The van der Waals surface area contributed by atoms with Crippen molar-refractivity contribution in [2.75, 3.05) is 7.11 Å². The van der Waals surface area contributed by atoms with E-state index >= 15 is 0 Å². The summed E-state index contributed by atoms with van der Waals surface area (Å²) in [5.74, 6) is 0.729. The number of ether oxygens (including phenoxy) is 1. The number of nitrogens with zero attached hydrogens (tertiary/aromatic N) is 2. The first kappa shape index (κ1) is 19.1. The van der Waals surface area contributed by atoms with Gasteiger partial charge in [0, 0.05) is 6.54 Å². The van der Waals surface area contributed by atoms with E-state index < -0.39 is 10.0 Å². The fourth-order valence-corrected chi connectivity index (χ4v) is 4.35. The summed E-state index contributed by atoms with van der Waals surface area (Å²) < 4.78 is 35.2. The largest absolute Gasteiger partial charge is 0.497 e. The van der Waals surface area contributed by atoms with E-state index in [1.165, 1.54) is 0 Å². The van der Waals surface area contributed by atoms with Crippen LogP contribution in [0.25, 0.3) is 5.69 Å². The molecular weight excluding hydrogens is 362 g/mol. The molecule has 0 aliphatic heterocycles. The number of sulfonamides is 1. The summed E-state index contributed by atoms with van der Waals surface area (Å²) in [6.45, 7) is 5.67. The van der Waals surface area contributed by atoms with Gasteiger partial charge in [-0.25, -0.2) is 17.8 Å². The fourth-order valence-electron chi connectivity index (χ4n) is 2.95. The fraction of sp³-hybridized carbons (Fsp3) is 0.250. The van der Waals surface area contributed by atoms with Crippen molar-refractivity contribution >= 4 is 10.0 Å². The van der Waals surface area contributed by atoms with Gasteiger partial charge in [0.1, 0.15) is 10.6 Å². The molecule has 1 aromatic heterocycles. The third-order valence-corrected chi connectivity index (χ3v) is 6.05. The van der Waals surface area contributed by atoms with Gasteiger partial charge in [-0.3, -0.25) is 0 Å². The SMILES string of the molecule is COc1ccc(CNS(=O)(=O)c2c(C)nn(-c3ccc(C)cc3)c2C)cc1. The predicted octanol–water partition coefficient (Wildman–Crippen LogP) is 3.28. The van der Waals surface area contributed by atoms with Gasteiger partial charge in [-0.05, 0) is 50.6 Å². The van der Waals surface area contributed by atoms with Crippen LogP contribution in [0.5, 0.6) is 5.75 Å². The molecule has 0 aliphatic carbocycles. The number of benzene rings is 2. The summed E-state index contributed by atoms with van der Waals surface area (Å²) in [7, 11) is -2.10. The molecule has 0 spiro atoms. The topological polar surface area (TPSA) is 73.2 Å². The molecular formula is C20H23N3O3S. The van der Waals surface area contributed by atoms with Crippen LogP contribution >= 0.6 is 0 Å². The lowest BCUT2D eigenvalue weighted by molar-refractivity contribution is 0.414. The molecule has 0 aliphatic rings. The molecule has 2 aromatic carbocycles. The van der Waals surface area contributed by atoms with E-state index in [1.807, 2.05) is 43.3 Å². The highest BCUT2D eigenvalue weighted by Gasteiger charge is 2.24. The molecule has 6 nitrogen and oxygen atoms in total. The second-order valence-corrected chi connectivity index (χ2v) is 8.12. The molecule has 0 unspecified atom stereocenters. The van der Waals surface area contributed by atoms with E-state index in [4.69, 9.17) is 4.74 Å². The van der Waals surface area contributed by atoms with E-state index in [2.05, 4.69) is 9.82 Å². The Morgan fingerprint density at radius 1 is 1.00 bits per heavy atom. The van der Waals surface area contributed by atoms with Gasteiger partial charge in [0.05, 0.1) is 24.2 Å². The molecule has 3 rings (SSSR count). The molecule has 0 fully saturated rings. The predicted molar refractivity (Wildman–Crippen MR) is 105 cm³/mol. The van der Waals surface area contributed by atoms with E-state index in [0.717, 1.165) is 22.6 Å². The Balaban J connectivity index is 1.86. The zero-order chi connectivity index (χ0) is 19.6. The van der Waals surface area contributed by atoms with Crippen LogP contribution in [0.15, 0.2) is 53.4 Å². The van der Waals surface area contributed by atoms with Gasteiger partial charge in [-0.15, -0.1) is 0 Å². The van der Waals surface area contributed by atoms with E-state index in [0.29, 0.717) is 11.4 Å². The number of methoxy groups -OCH3 is 1. The quantitative estimate of drug-likeness (QED) is 0.707. The molecule has 7 heteroatoms. The second-order valence-electron chi connectivity index (χ2n) is 6.42. The minimum absolute atomic E-state index is 0.195. The van der Waals surface area contributed by atoms with Crippen molar-refractivity contribution in [3.05, 3.63) is 71.0 Å². The lowest BCUT2D eigenvalue weighted by atomic mass is 10.2. The first-order valence-electron chi connectivity index (χ1n) is 8.57. The molecule has 0 amide bonds. The third-order valence-electron chi connectivity index (χ3n) is 4.40. The lowest BCUT2D eigenvalue weighted by Crippen LogP contribution is -2.24. The van der Waals surface area contributed by atoms with E-state index in [9.17, 15) is 8.42 Å². The van der Waals surface area contributed by atoms with Crippen LogP contribution in [0, 0.1) is 20.8 Å². The highest BCUT2D eigenvalue weighted by atomic mass is 32.2. The molecule has 1 N–H and O–H groups in total. The van der Waals surface area contributed by atoms with Crippen LogP contribution in [0.2, 0.25) is 0 Å². The maximum absolute atomic E-state index is 12.9. The Kier molecular flexibility index (Phi) is 5.34. The van der Waals surface area contributed by atoms with Crippen LogP contribution < -0.4 is 9.46 Å². The Morgan fingerprint density at radius 3 is 2.22 bits per heavy atom. The summed E-state index contributed by atoms with van der Waals surface area (Å²) >= 11 is 0. The molecule has 0 saturated heterocycles. The van der Waals surface area contributed by atoms with Crippen molar-refractivity contribution in [3.63, 3.8) is 0 Å². The second kappa shape index (κ2) is 7.54. The maximum Gasteiger partial charge on any atom is 0.244 e. The summed E-state index contributed by atoms with van der Waals surface area (Å²) in [5, 5.41) is 4.44. The van der Waals surface area contributed by atoms with Gasteiger partial charge in [0.25, 0.3) is 0 Å². The standard InChI is InChI=1S/C20H23N3O3S/c1-14-5-9-18(10-6-14)23-16(3)20(15(2)22-23)27(24,25)21-13-17-7-11-19(26-4)12-8-17/h5-12,21H,13H2,1-4H3. The van der Waals surface area contributed by atoms with Gasteiger partial charge < -0.3 is 4.74 Å². The van der Waals surface area contributed by atoms with Gasteiger partial charge in [0.2, 0.25) is 10.0 Å². The summed E-state index contributed by atoms with van der Waals surface area (Å²) in [5.41, 5.74) is 3.86. The third kappa shape index (κ3) is 4.04. The van der Waals surface area contributed by atoms with Gasteiger partial charge >= 0.3 is 0 Å². The van der Waals surface area contributed by atoms with Crippen molar-refractivity contribution in [1.82, 2.24) is 14.5 Å². The number of rotatable bonds is 6.